The molecular formula is C12H19N3O4S. The summed E-state index contributed by atoms with van der Waals surface area (Å²) in [5.41, 5.74) is -0.942. The second-order valence-electron chi connectivity index (χ2n) is 5.64. The second kappa shape index (κ2) is 5.17. The Labute approximate surface area is 118 Å². The Balaban J connectivity index is 2.22. The highest BCUT2D eigenvalue weighted by atomic mass is 32.2. The molecule has 1 unspecified atom stereocenters. The second-order valence-corrected chi connectivity index (χ2v) is 7.55. The molecule has 7 nitrogen and oxygen atoms in total. The van der Waals surface area contributed by atoms with E-state index in [1.54, 1.807) is 13.8 Å². The molecule has 1 atom stereocenters. The summed E-state index contributed by atoms with van der Waals surface area (Å²) < 4.78 is 26.1. The van der Waals surface area contributed by atoms with Gasteiger partial charge in [0.25, 0.3) is 10.0 Å². The van der Waals surface area contributed by atoms with Crippen LogP contribution in [0.4, 0.5) is 0 Å². The van der Waals surface area contributed by atoms with Crippen LogP contribution in [-0.4, -0.2) is 46.9 Å². The number of aliphatic carboxylic acids is 1. The topological polar surface area (TPSA) is 103 Å². The van der Waals surface area contributed by atoms with Crippen LogP contribution in [0.25, 0.3) is 0 Å². The van der Waals surface area contributed by atoms with E-state index in [0.717, 1.165) is 0 Å². The summed E-state index contributed by atoms with van der Waals surface area (Å²) in [7, 11) is -3.62. The summed E-state index contributed by atoms with van der Waals surface area (Å²) in [5, 5.41) is 9.33. The van der Waals surface area contributed by atoms with E-state index in [0.29, 0.717) is 19.4 Å². The standard InChI is InChI=1S/C12H19N3O4S/c1-12(2,11(16)17)9-4-3-5-15(7-9)20(18,19)10-6-13-8-14-10/h6,8-9H,3-5,7H2,1-2H3,(H,13,14)(H,16,17). The first-order valence-electron chi connectivity index (χ1n) is 6.48. The Morgan fingerprint density at radius 3 is 2.80 bits per heavy atom. The molecule has 0 bridgehead atoms. The quantitative estimate of drug-likeness (QED) is 0.860. The molecular weight excluding hydrogens is 282 g/mol. The number of imidazole rings is 1. The lowest BCUT2D eigenvalue weighted by Crippen LogP contribution is -2.46. The molecule has 1 fully saturated rings. The maximum Gasteiger partial charge on any atom is 0.309 e. The molecule has 0 radical (unpaired) electrons. The number of nitrogens with one attached hydrogen (secondary N) is 1. The van der Waals surface area contributed by atoms with E-state index < -0.39 is 21.4 Å². The smallest absolute Gasteiger partial charge is 0.309 e. The zero-order valence-corrected chi connectivity index (χ0v) is 12.4. The number of rotatable bonds is 4. The van der Waals surface area contributed by atoms with Gasteiger partial charge in [0, 0.05) is 13.1 Å². The first kappa shape index (κ1) is 15.0. The number of nitrogens with zero attached hydrogens (tertiary/aromatic N) is 2. The van der Waals surface area contributed by atoms with Crippen molar-refractivity contribution in [2.24, 2.45) is 11.3 Å². The largest absolute Gasteiger partial charge is 0.481 e. The van der Waals surface area contributed by atoms with Crippen molar-refractivity contribution in [1.29, 1.82) is 0 Å². The highest BCUT2D eigenvalue weighted by Crippen LogP contribution is 2.35. The number of hydrogen-bond acceptors (Lipinski definition) is 4. The third kappa shape index (κ3) is 2.57. The van der Waals surface area contributed by atoms with Gasteiger partial charge in [-0.1, -0.05) is 0 Å². The van der Waals surface area contributed by atoms with Crippen LogP contribution < -0.4 is 0 Å². The number of carboxylic acids is 1. The maximum absolute atomic E-state index is 12.4. The average Bonchev–Trinajstić information content (AvgIpc) is 2.93. The van der Waals surface area contributed by atoms with Gasteiger partial charge < -0.3 is 10.1 Å². The summed E-state index contributed by atoms with van der Waals surface area (Å²) in [6.45, 7) is 3.92. The van der Waals surface area contributed by atoms with Crippen molar-refractivity contribution in [1.82, 2.24) is 14.3 Å². The monoisotopic (exact) mass is 301 g/mol. The highest BCUT2D eigenvalue weighted by Gasteiger charge is 2.41. The summed E-state index contributed by atoms with van der Waals surface area (Å²) >= 11 is 0. The van der Waals surface area contributed by atoms with Gasteiger partial charge in [0.1, 0.15) is 0 Å². The van der Waals surface area contributed by atoms with Crippen LogP contribution in [0.15, 0.2) is 17.6 Å². The Kier molecular flexibility index (Phi) is 3.88. The van der Waals surface area contributed by atoms with E-state index >= 15 is 0 Å². The number of carbonyl (C=O) groups is 1. The number of sulfonamides is 1. The molecule has 0 aliphatic carbocycles. The fourth-order valence-electron chi connectivity index (χ4n) is 2.45. The van der Waals surface area contributed by atoms with Crippen LogP contribution in [0.5, 0.6) is 0 Å². The van der Waals surface area contributed by atoms with Gasteiger partial charge in [0.15, 0.2) is 5.03 Å². The van der Waals surface area contributed by atoms with Crippen molar-refractivity contribution in [3.05, 3.63) is 12.5 Å². The SMILES string of the molecule is CC(C)(C(=O)O)C1CCCN(S(=O)(=O)c2cnc[nH]2)C1. The van der Waals surface area contributed by atoms with Crippen LogP contribution in [0, 0.1) is 11.3 Å². The van der Waals surface area contributed by atoms with Gasteiger partial charge in [0.2, 0.25) is 0 Å². The number of piperidine rings is 1. The van der Waals surface area contributed by atoms with Crippen LogP contribution in [0.1, 0.15) is 26.7 Å². The lowest BCUT2D eigenvalue weighted by atomic mass is 9.75. The Hall–Kier alpha value is -1.41. The van der Waals surface area contributed by atoms with E-state index in [1.807, 2.05) is 0 Å². The normalized spacial score (nSPS) is 21.8. The van der Waals surface area contributed by atoms with E-state index in [2.05, 4.69) is 9.97 Å². The molecule has 20 heavy (non-hydrogen) atoms. The molecule has 2 N–H and O–H groups in total. The minimum atomic E-state index is -3.62. The van der Waals surface area contributed by atoms with Gasteiger partial charge in [-0.25, -0.2) is 13.4 Å². The van der Waals surface area contributed by atoms with Crippen molar-refractivity contribution >= 4 is 16.0 Å². The van der Waals surface area contributed by atoms with Gasteiger partial charge in [-0.3, -0.25) is 4.79 Å². The van der Waals surface area contributed by atoms with E-state index in [1.165, 1.54) is 16.8 Å². The summed E-state index contributed by atoms with van der Waals surface area (Å²) in [4.78, 5) is 17.6. The van der Waals surface area contributed by atoms with Crippen LogP contribution in [0.3, 0.4) is 0 Å². The predicted octanol–water partition coefficient (Wildman–Crippen LogP) is 0.921. The summed E-state index contributed by atoms with van der Waals surface area (Å²) in [6.07, 6.45) is 3.96. The molecule has 0 amide bonds. The van der Waals surface area contributed by atoms with Gasteiger partial charge in [0.05, 0.1) is 17.9 Å². The van der Waals surface area contributed by atoms with Crippen molar-refractivity contribution in [3.8, 4) is 0 Å². The van der Waals surface area contributed by atoms with E-state index in [-0.39, 0.29) is 17.5 Å². The number of aromatic nitrogens is 2. The number of carboxylic acid groups (broad SMARTS) is 1. The first-order chi connectivity index (χ1) is 9.26. The molecule has 1 aromatic heterocycles. The Morgan fingerprint density at radius 1 is 1.55 bits per heavy atom. The summed E-state index contributed by atoms with van der Waals surface area (Å²) in [6, 6.07) is 0. The highest BCUT2D eigenvalue weighted by molar-refractivity contribution is 7.89. The lowest BCUT2D eigenvalue weighted by Gasteiger charge is -2.38. The first-order valence-corrected chi connectivity index (χ1v) is 7.92. The minimum Gasteiger partial charge on any atom is -0.481 e. The van der Waals surface area contributed by atoms with E-state index in [9.17, 15) is 18.3 Å². The molecule has 1 aliphatic heterocycles. The molecule has 1 saturated heterocycles. The van der Waals surface area contributed by atoms with Gasteiger partial charge in [-0.15, -0.1) is 0 Å². The molecule has 0 aromatic carbocycles. The molecule has 112 valence electrons. The van der Waals surface area contributed by atoms with Crippen molar-refractivity contribution in [2.45, 2.75) is 31.7 Å². The average molecular weight is 301 g/mol. The zero-order chi connectivity index (χ0) is 15.0. The third-order valence-electron chi connectivity index (χ3n) is 4.05. The fourth-order valence-corrected chi connectivity index (χ4v) is 3.87. The third-order valence-corrected chi connectivity index (χ3v) is 5.84. The molecule has 2 rings (SSSR count). The Bertz CT molecular complexity index is 580. The molecule has 1 aromatic rings. The van der Waals surface area contributed by atoms with Crippen LogP contribution >= 0.6 is 0 Å². The fraction of sp³-hybridized carbons (Fsp3) is 0.667. The summed E-state index contributed by atoms with van der Waals surface area (Å²) in [5.74, 6) is -1.10. The number of aromatic amines is 1. The Morgan fingerprint density at radius 2 is 2.25 bits per heavy atom. The number of H-pyrrole nitrogens is 1. The lowest BCUT2D eigenvalue weighted by molar-refractivity contribution is -0.151. The molecule has 1 aliphatic rings. The minimum absolute atomic E-state index is 0.0475. The van der Waals surface area contributed by atoms with Gasteiger partial charge >= 0.3 is 5.97 Å². The number of hydrogen-bond donors (Lipinski definition) is 2. The van der Waals surface area contributed by atoms with Gasteiger partial charge in [-0.05, 0) is 32.6 Å². The van der Waals surface area contributed by atoms with Crippen molar-refractivity contribution < 1.29 is 18.3 Å². The van der Waals surface area contributed by atoms with Crippen LogP contribution in [0.2, 0.25) is 0 Å². The van der Waals surface area contributed by atoms with Crippen LogP contribution in [-0.2, 0) is 14.8 Å². The molecule has 0 saturated carbocycles. The van der Waals surface area contributed by atoms with Crippen molar-refractivity contribution in [3.63, 3.8) is 0 Å². The molecule has 0 spiro atoms. The molecule has 2 heterocycles. The van der Waals surface area contributed by atoms with Gasteiger partial charge in [-0.2, -0.15) is 4.31 Å². The predicted molar refractivity (Wildman–Crippen MR) is 71.5 cm³/mol. The van der Waals surface area contributed by atoms with Crippen molar-refractivity contribution in [2.75, 3.05) is 13.1 Å². The zero-order valence-electron chi connectivity index (χ0n) is 11.5. The molecule has 8 heteroatoms. The van der Waals surface area contributed by atoms with E-state index in [4.69, 9.17) is 0 Å². The maximum atomic E-state index is 12.4.